The summed E-state index contributed by atoms with van der Waals surface area (Å²) in [6.07, 6.45) is 7.77. The summed E-state index contributed by atoms with van der Waals surface area (Å²) in [6, 6.07) is 0.0537. The molecule has 0 saturated carbocycles. The third-order valence-electron chi connectivity index (χ3n) is 1.98. The quantitative estimate of drug-likeness (QED) is 0.689. The molecule has 0 aliphatic rings. The van der Waals surface area contributed by atoms with Gasteiger partial charge in [-0.2, -0.15) is 0 Å². The van der Waals surface area contributed by atoms with Crippen LogP contribution in [0.2, 0.25) is 0 Å². The van der Waals surface area contributed by atoms with E-state index >= 15 is 0 Å². The zero-order chi connectivity index (χ0) is 10.6. The molecule has 0 saturated heterocycles. The maximum absolute atomic E-state index is 11.2. The average molecular weight is 193 g/mol. The molecule has 3 heteroatoms. The van der Waals surface area contributed by atoms with Crippen molar-refractivity contribution in [3.63, 3.8) is 0 Å². The van der Waals surface area contributed by atoms with E-state index in [9.17, 15) is 4.79 Å². The van der Waals surface area contributed by atoms with E-state index in [-0.39, 0.29) is 11.8 Å². The van der Waals surface area contributed by atoms with Crippen LogP contribution in [0.1, 0.15) is 26.3 Å². The van der Waals surface area contributed by atoms with E-state index in [1.165, 1.54) is 6.26 Å². The number of allylic oxidation sites excluding steroid dienone is 3. The van der Waals surface area contributed by atoms with Crippen molar-refractivity contribution in [2.45, 2.75) is 26.3 Å². The number of oxazole rings is 1. The fourth-order valence-corrected chi connectivity index (χ4v) is 1.22. The SMILES string of the molecule is C=C(C)/C=C\C(CC)n1ccoc1=O. The van der Waals surface area contributed by atoms with Crippen LogP contribution in [-0.2, 0) is 0 Å². The first kappa shape index (κ1) is 10.6. The van der Waals surface area contributed by atoms with Crippen molar-refractivity contribution in [3.05, 3.63) is 47.3 Å². The van der Waals surface area contributed by atoms with E-state index in [2.05, 4.69) is 6.58 Å². The molecular weight excluding hydrogens is 178 g/mol. The van der Waals surface area contributed by atoms with Crippen LogP contribution < -0.4 is 5.76 Å². The molecule has 1 aromatic rings. The lowest BCUT2D eigenvalue weighted by Gasteiger charge is -2.09. The van der Waals surface area contributed by atoms with Crippen LogP contribution in [0, 0.1) is 0 Å². The smallest absolute Gasteiger partial charge is 0.416 e. The molecule has 0 aromatic carbocycles. The van der Waals surface area contributed by atoms with Crippen molar-refractivity contribution >= 4 is 0 Å². The zero-order valence-corrected chi connectivity index (χ0v) is 8.56. The molecule has 0 bridgehead atoms. The predicted octanol–water partition coefficient (Wildman–Crippen LogP) is 2.52. The van der Waals surface area contributed by atoms with Crippen LogP contribution in [0.4, 0.5) is 0 Å². The van der Waals surface area contributed by atoms with Crippen molar-refractivity contribution in [3.8, 4) is 0 Å². The Morgan fingerprint density at radius 3 is 2.93 bits per heavy atom. The lowest BCUT2D eigenvalue weighted by Crippen LogP contribution is -2.17. The monoisotopic (exact) mass is 193 g/mol. The molecule has 0 radical (unpaired) electrons. The second-order valence-electron chi connectivity index (χ2n) is 3.26. The van der Waals surface area contributed by atoms with Gasteiger partial charge in [-0.1, -0.05) is 31.2 Å². The largest absolute Gasteiger partial charge is 0.419 e. The number of nitrogens with zero attached hydrogens (tertiary/aromatic N) is 1. The van der Waals surface area contributed by atoms with Gasteiger partial charge in [0.05, 0.1) is 6.04 Å². The molecule has 0 spiro atoms. The second-order valence-corrected chi connectivity index (χ2v) is 3.26. The highest BCUT2D eigenvalue weighted by Crippen LogP contribution is 2.11. The van der Waals surface area contributed by atoms with E-state index in [1.807, 2.05) is 26.0 Å². The summed E-state index contributed by atoms with van der Waals surface area (Å²) >= 11 is 0. The number of hydrogen-bond donors (Lipinski definition) is 0. The third kappa shape index (κ3) is 2.49. The van der Waals surface area contributed by atoms with E-state index in [0.717, 1.165) is 12.0 Å². The Bertz CT molecular complexity index is 384. The van der Waals surface area contributed by atoms with Crippen LogP contribution in [0.25, 0.3) is 0 Å². The lowest BCUT2D eigenvalue weighted by molar-refractivity contribution is 0.454. The number of rotatable bonds is 4. The molecule has 3 nitrogen and oxygen atoms in total. The summed E-state index contributed by atoms with van der Waals surface area (Å²) < 4.78 is 6.27. The number of aromatic nitrogens is 1. The minimum absolute atomic E-state index is 0.0537. The molecule has 0 fully saturated rings. The van der Waals surface area contributed by atoms with Gasteiger partial charge in [-0.25, -0.2) is 4.79 Å². The van der Waals surface area contributed by atoms with Gasteiger partial charge in [0.25, 0.3) is 0 Å². The molecule has 0 aliphatic carbocycles. The highest BCUT2D eigenvalue weighted by Gasteiger charge is 2.07. The molecule has 1 unspecified atom stereocenters. The third-order valence-corrected chi connectivity index (χ3v) is 1.98. The van der Waals surface area contributed by atoms with Gasteiger partial charge < -0.3 is 4.42 Å². The summed E-state index contributed by atoms with van der Waals surface area (Å²) in [5, 5.41) is 0. The predicted molar refractivity (Wildman–Crippen MR) is 56.3 cm³/mol. The topological polar surface area (TPSA) is 35.1 Å². The molecule has 0 aliphatic heterocycles. The lowest BCUT2D eigenvalue weighted by atomic mass is 10.2. The summed E-state index contributed by atoms with van der Waals surface area (Å²) in [7, 11) is 0. The van der Waals surface area contributed by atoms with E-state index in [0.29, 0.717) is 0 Å². The Balaban J connectivity index is 2.88. The molecule has 1 heterocycles. The fraction of sp³-hybridized carbons (Fsp3) is 0.364. The van der Waals surface area contributed by atoms with E-state index < -0.39 is 0 Å². The van der Waals surface area contributed by atoms with Crippen molar-refractivity contribution < 1.29 is 4.42 Å². The highest BCUT2D eigenvalue weighted by atomic mass is 16.4. The van der Waals surface area contributed by atoms with E-state index in [1.54, 1.807) is 10.8 Å². The molecule has 76 valence electrons. The van der Waals surface area contributed by atoms with Gasteiger partial charge in [0.15, 0.2) is 0 Å². The van der Waals surface area contributed by atoms with Crippen LogP contribution in [0.15, 0.2) is 46.0 Å². The summed E-state index contributed by atoms with van der Waals surface area (Å²) in [5.74, 6) is -0.316. The normalized spacial score (nSPS) is 13.3. The summed E-state index contributed by atoms with van der Waals surface area (Å²) in [5.41, 5.74) is 0.972. The van der Waals surface area contributed by atoms with Gasteiger partial charge in [0.2, 0.25) is 0 Å². The van der Waals surface area contributed by atoms with Gasteiger partial charge in [-0.15, -0.1) is 0 Å². The maximum Gasteiger partial charge on any atom is 0.419 e. The van der Waals surface area contributed by atoms with Crippen molar-refractivity contribution in [1.29, 1.82) is 0 Å². The second kappa shape index (κ2) is 4.65. The van der Waals surface area contributed by atoms with Gasteiger partial charge in [0, 0.05) is 6.20 Å². The Morgan fingerprint density at radius 1 is 1.79 bits per heavy atom. The van der Waals surface area contributed by atoms with Crippen LogP contribution in [0.3, 0.4) is 0 Å². The first-order valence-corrected chi connectivity index (χ1v) is 4.64. The average Bonchev–Trinajstić information content (AvgIpc) is 2.53. The van der Waals surface area contributed by atoms with E-state index in [4.69, 9.17) is 4.42 Å². The maximum atomic E-state index is 11.2. The minimum Gasteiger partial charge on any atom is -0.416 e. The first-order chi connectivity index (χ1) is 6.65. The van der Waals surface area contributed by atoms with Crippen LogP contribution >= 0.6 is 0 Å². The molecule has 1 atom stereocenters. The molecule has 0 N–H and O–H groups in total. The molecule has 1 aromatic heterocycles. The van der Waals surface area contributed by atoms with Crippen molar-refractivity contribution in [2.24, 2.45) is 0 Å². The zero-order valence-electron chi connectivity index (χ0n) is 8.56. The van der Waals surface area contributed by atoms with Crippen LogP contribution in [-0.4, -0.2) is 4.57 Å². The minimum atomic E-state index is -0.316. The molecule has 14 heavy (non-hydrogen) atoms. The Morgan fingerprint density at radius 2 is 2.50 bits per heavy atom. The molecule has 0 amide bonds. The van der Waals surface area contributed by atoms with Crippen molar-refractivity contribution in [1.82, 2.24) is 4.57 Å². The summed E-state index contributed by atoms with van der Waals surface area (Å²) in [4.78, 5) is 11.2. The molecular formula is C11H15NO2. The first-order valence-electron chi connectivity index (χ1n) is 4.64. The Labute approximate surface area is 83.4 Å². The number of hydrogen-bond acceptors (Lipinski definition) is 2. The fourth-order valence-electron chi connectivity index (χ4n) is 1.22. The van der Waals surface area contributed by atoms with Gasteiger partial charge in [-0.05, 0) is 13.3 Å². The van der Waals surface area contributed by atoms with Gasteiger partial charge in [0.1, 0.15) is 6.26 Å². The summed E-state index contributed by atoms with van der Waals surface area (Å²) in [6.45, 7) is 7.71. The Kier molecular flexibility index (Phi) is 3.51. The Hall–Kier alpha value is -1.51. The van der Waals surface area contributed by atoms with Gasteiger partial charge in [-0.3, -0.25) is 4.57 Å². The standard InChI is InChI=1S/C11H15NO2/c1-4-10(6-5-9(2)3)12-7-8-14-11(12)13/h5-8,10H,2,4H2,1,3H3/b6-5-. The van der Waals surface area contributed by atoms with Crippen molar-refractivity contribution in [2.75, 3.05) is 0 Å². The highest BCUT2D eigenvalue weighted by molar-refractivity contribution is 5.13. The van der Waals surface area contributed by atoms with Crippen LogP contribution in [0.5, 0.6) is 0 Å². The van der Waals surface area contributed by atoms with Gasteiger partial charge >= 0.3 is 5.76 Å². The molecule has 1 rings (SSSR count).